The highest BCUT2D eigenvalue weighted by atomic mass is 16.5. The van der Waals surface area contributed by atoms with Crippen molar-refractivity contribution < 1.29 is 24.5 Å². The molecule has 1 heterocycles. The molecule has 0 aliphatic carbocycles. The zero-order valence-corrected chi connectivity index (χ0v) is 21.0. The zero-order chi connectivity index (χ0) is 26.0. The lowest BCUT2D eigenvalue weighted by Gasteiger charge is -2.25. The maximum atomic E-state index is 13.2. The van der Waals surface area contributed by atoms with Crippen LogP contribution in [-0.2, 0) is 16.1 Å². The third kappa shape index (κ3) is 5.13. The van der Waals surface area contributed by atoms with Crippen LogP contribution in [0.15, 0.2) is 72.3 Å². The lowest BCUT2D eigenvalue weighted by atomic mass is 9.94. The fourth-order valence-corrected chi connectivity index (χ4v) is 4.24. The number of aryl methyl sites for hydroxylation is 2. The van der Waals surface area contributed by atoms with Crippen LogP contribution in [0.5, 0.6) is 11.5 Å². The van der Waals surface area contributed by atoms with E-state index < -0.39 is 17.7 Å². The Morgan fingerprint density at radius 3 is 2.22 bits per heavy atom. The third-order valence-corrected chi connectivity index (χ3v) is 6.39. The number of nitrogens with zero attached hydrogens (tertiary/aromatic N) is 1. The number of likely N-dealkylation sites (tertiary alicyclic amines) is 1. The van der Waals surface area contributed by atoms with E-state index in [1.807, 2.05) is 50.2 Å². The highest BCUT2D eigenvalue weighted by molar-refractivity contribution is 6.46. The fraction of sp³-hybridized carbons (Fsp3) is 0.267. The van der Waals surface area contributed by atoms with Crippen LogP contribution in [0, 0.1) is 19.8 Å². The molecule has 2 N–H and O–H groups in total. The number of phenols is 1. The molecule has 1 saturated heterocycles. The number of rotatable bonds is 7. The molecular weight excluding hydrogens is 454 g/mol. The number of carbonyl (C=O) groups excluding carboxylic acids is 2. The molecule has 6 nitrogen and oxygen atoms in total. The summed E-state index contributed by atoms with van der Waals surface area (Å²) in [5, 5.41) is 21.0. The number of Topliss-reactive ketones (excluding diaryl/α,β-unsaturated/α-hetero) is 1. The summed E-state index contributed by atoms with van der Waals surface area (Å²) < 4.78 is 5.75. The Bertz CT molecular complexity index is 1310. The number of phenolic OH excluding ortho intramolecular Hbond substituents is 1. The molecule has 3 aromatic rings. The molecule has 36 heavy (non-hydrogen) atoms. The van der Waals surface area contributed by atoms with Crippen LogP contribution in [0.3, 0.4) is 0 Å². The zero-order valence-electron chi connectivity index (χ0n) is 21.0. The van der Waals surface area contributed by atoms with E-state index in [1.54, 1.807) is 18.2 Å². The minimum absolute atomic E-state index is 0.0332. The predicted octanol–water partition coefficient (Wildman–Crippen LogP) is 5.67. The van der Waals surface area contributed by atoms with Crippen molar-refractivity contribution >= 4 is 17.4 Å². The topological polar surface area (TPSA) is 87.1 Å². The number of aliphatic hydroxyl groups excluding tert-OH is 1. The second-order valence-corrected chi connectivity index (χ2v) is 9.67. The van der Waals surface area contributed by atoms with Gasteiger partial charge < -0.3 is 19.8 Å². The number of hydrogen-bond acceptors (Lipinski definition) is 5. The average Bonchev–Trinajstić information content (AvgIpc) is 3.10. The molecule has 0 bridgehead atoms. The van der Waals surface area contributed by atoms with Crippen molar-refractivity contribution in [3.63, 3.8) is 0 Å². The second-order valence-electron chi connectivity index (χ2n) is 9.67. The van der Waals surface area contributed by atoms with E-state index in [9.17, 15) is 19.8 Å². The van der Waals surface area contributed by atoms with E-state index >= 15 is 0 Å². The van der Waals surface area contributed by atoms with Crippen molar-refractivity contribution in [1.82, 2.24) is 4.90 Å². The number of carbonyl (C=O) groups is 2. The summed E-state index contributed by atoms with van der Waals surface area (Å²) in [5.41, 5.74) is 3.98. The summed E-state index contributed by atoms with van der Waals surface area (Å²) in [5.74, 6) is -0.422. The Hall–Kier alpha value is -4.06. The number of hydrogen-bond donors (Lipinski definition) is 2. The van der Waals surface area contributed by atoms with E-state index in [0.717, 1.165) is 22.4 Å². The van der Waals surface area contributed by atoms with Gasteiger partial charge in [0.1, 0.15) is 17.3 Å². The van der Waals surface area contributed by atoms with Gasteiger partial charge in [0.15, 0.2) is 0 Å². The van der Waals surface area contributed by atoms with Crippen molar-refractivity contribution in [3.8, 4) is 11.5 Å². The molecular formula is C30H31NO5. The van der Waals surface area contributed by atoms with Crippen LogP contribution in [0.2, 0.25) is 0 Å². The van der Waals surface area contributed by atoms with Gasteiger partial charge in [-0.15, -0.1) is 0 Å². The molecule has 0 spiro atoms. The van der Waals surface area contributed by atoms with E-state index in [4.69, 9.17) is 4.74 Å². The quantitative estimate of drug-likeness (QED) is 0.256. The summed E-state index contributed by atoms with van der Waals surface area (Å²) in [6.07, 6.45) is 0. The largest absolute Gasteiger partial charge is 0.508 e. The Morgan fingerprint density at radius 1 is 0.944 bits per heavy atom. The van der Waals surface area contributed by atoms with Crippen LogP contribution in [0.1, 0.15) is 47.7 Å². The minimum atomic E-state index is -0.802. The summed E-state index contributed by atoms with van der Waals surface area (Å²) in [4.78, 5) is 27.9. The van der Waals surface area contributed by atoms with Crippen molar-refractivity contribution in [2.45, 2.75) is 40.3 Å². The van der Waals surface area contributed by atoms with Crippen LogP contribution < -0.4 is 4.74 Å². The van der Waals surface area contributed by atoms with Crippen molar-refractivity contribution in [2.24, 2.45) is 5.92 Å². The Kier molecular flexibility index (Phi) is 7.15. The molecule has 186 valence electrons. The van der Waals surface area contributed by atoms with Gasteiger partial charge in [-0.1, -0.05) is 50.2 Å². The summed E-state index contributed by atoms with van der Waals surface area (Å²) in [6, 6.07) is 18.4. The molecule has 0 aromatic heterocycles. The summed E-state index contributed by atoms with van der Waals surface area (Å²) in [7, 11) is 0. The van der Waals surface area contributed by atoms with Crippen LogP contribution in [-0.4, -0.2) is 33.4 Å². The lowest BCUT2D eigenvalue weighted by molar-refractivity contribution is -0.140. The fourth-order valence-electron chi connectivity index (χ4n) is 4.24. The first-order valence-electron chi connectivity index (χ1n) is 12.0. The number of ketones is 1. The monoisotopic (exact) mass is 485 g/mol. The standard InChI is InChI=1S/C30H31NO5/c1-18(2)17-36-25-13-6-21(7-14-25)16-31-27(22-9-11-24(32)12-10-22)26(29(34)30(31)35)28(33)23-8-5-19(3)20(4)15-23/h5-15,18,27,32-33H,16-17H2,1-4H3/b28-26-. The van der Waals surface area contributed by atoms with Crippen LogP contribution in [0.25, 0.3) is 5.76 Å². The second kappa shape index (κ2) is 10.3. The molecule has 0 saturated carbocycles. The average molecular weight is 486 g/mol. The Balaban J connectivity index is 1.74. The minimum Gasteiger partial charge on any atom is -0.508 e. The highest BCUT2D eigenvalue weighted by Crippen LogP contribution is 2.41. The van der Waals surface area contributed by atoms with Crippen molar-refractivity contribution in [3.05, 3.63) is 100 Å². The molecule has 0 radical (unpaired) electrons. The number of ether oxygens (including phenoxy) is 1. The first-order valence-corrected chi connectivity index (χ1v) is 12.0. The smallest absolute Gasteiger partial charge is 0.295 e. The molecule has 3 aromatic carbocycles. The Labute approximate surface area is 211 Å². The first-order chi connectivity index (χ1) is 17.2. The molecule has 1 fully saturated rings. The lowest BCUT2D eigenvalue weighted by Crippen LogP contribution is -2.29. The van der Waals surface area contributed by atoms with E-state index in [-0.39, 0.29) is 23.6 Å². The maximum absolute atomic E-state index is 13.2. The summed E-state index contributed by atoms with van der Waals surface area (Å²) >= 11 is 0. The van der Waals surface area contributed by atoms with Gasteiger partial charge in [-0.25, -0.2) is 0 Å². The van der Waals surface area contributed by atoms with Gasteiger partial charge >= 0.3 is 0 Å². The van der Waals surface area contributed by atoms with E-state index in [2.05, 4.69) is 13.8 Å². The van der Waals surface area contributed by atoms with Crippen LogP contribution in [0.4, 0.5) is 0 Å². The van der Waals surface area contributed by atoms with Crippen molar-refractivity contribution in [1.29, 1.82) is 0 Å². The van der Waals surface area contributed by atoms with Crippen molar-refractivity contribution in [2.75, 3.05) is 6.61 Å². The number of aliphatic hydroxyl groups is 1. The van der Waals surface area contributed by atoms with Gasteiger partial charge in [0.2, 0.25) is 0 Å². The number of aromatic hydroxyl groups is 1. The van der Waals surface area contributed by atoms with Gasteiger partial charge in [0.05, 0.1) is 18.2 Å². The van der Waals surface area contributed by atoms with Gasteiger partial charge in [-0.3, -0.25) is 9.59 Å². The molecule has 1 aliphatic rings. The maximum Gasteiger partial charge on any atom is 0.295 e. The SMILES string of the molecule is Cc1ccc(/C(O)=C2/C(=O)C(=O)N(Cc3ccc(OCC(C)C)cc3)C2c2ccc(O)cc2)cc1C. The molecule has 1 atom stereocenters. The van der Waals surface area contributed by atoms with E-state index in [1.165, 1.54) is 17.0 Å². The molecule has 1 unspecified atom stereocenters. The molecule has 1 amide bonds. The normalized spacial score (nSPS) is 17.1. The van der Waals surface area contributed by atoms with Gasteiger partial charge in [0.25, 0.3) is 11.7 Å². The van der Waals surface area contributed by atoms with E-state index in [0.29, 0.717) is 23.7 Å². The number of amides is 1. The first kappa shape index (κ1) is 25.0. The van der Waals surface area contributed by atoms with Gasteiger partial charge in [-0.05, 0) is 72.4 Å². The van der Waals surface area contributed by atoms with Gasteiger partial charge in [-0.2, -0.15) is 0 Å². The van der Waals surface area contributed by atoms with Gasteiger partial charge in [0, 0.05) is 12.1 Å². The molecule has 6 heteroatoms. The predicted molar refractivity (Wildman–Crippen MR) is 139 cm³/mol. The number of benzene rings is 3. The van der Waals surface area contributed by atoms with Crippen LogP contribution >= 0.6 is 0 Å². The molecule has 1 aliphatic heterocycles. The summed E-state index contributed by atoms with van der Waals surface area (Å²) in [6.45, 7) is 8.82. The Morgan fingerprint density at radius 2 is 1.61 bits per heavy atom. The third-order valence-electron chi connectivity index (χ3n) is 6.39. The molecule has 4 rings (SSSR count). The highest BCUT2D eigenvalue weighted by Gasteiger charge is 2.46.